The van der Waals surface area contributed by atoms with Crippen LogP contribution in [-0.2, 0) is 0 Å². The summed E-state index contributed by atoms with van der Waals surface area (Å²) in [6.45, 7) is 0. The van der Waals surface area contributed by atoms with Gasteiger partial charge < -0.3 is 9.90 Å². The molecular weight excluding hydrogens is 175 g/mol. The van der Waals surface area contributed by atoms with Gasteiger partial charge in [0.05, 0.1) is 11.7 Å². The van der Waals surface area contributed by atoms with Gasteiger partial charge in [0.1, 0.15) is 5.52 Å². The quantitative estimate of drug-likeness (QED) is 0.673. The lowest BCUT2D eigenvalue weighted by molar-refractivity contribution is -0.255. The molecule has 0 amide bonds. The Bertz CT molecular complexity index is 478. The molecule has 0 aliphatic heterocycles. The Hall–Kier alpha value is -1.91. The van der Waals surface area contributed by atoms with Gasteiger partial charge in [0.25, 0.3) is 0 Å². The number of carbonyl (C=O) groups excluding carboxylic acids is 1. The van der Waals surface area contributed by atoms with Crippen LogP contribution in [0.25, 0.3) is 10.9 Å². The van der Waals surface area contributed by atoms with Crippen LogP contribution in [0.1, 0.15) is 10.5 Å². The van der Waals surface area contributed by atoms with Gasteiger partial charge in [0.2, 0.25) is 0 Å². The second kappa shape index (κ2) is 2.55. The molecule has 0 saturated heterocycles. The summed E-state index contributed by atoms with van der Waals surface area (Å²) in [5, 5.41) is 16.4. The Morgan fingerprint density at radius 3 is 3.00 bits per heavy atom. The van der Waals surface area contributed by atoms with Crippen molar-refractivity contribution in [1.29, 1.82) is 0 Å². The molecule has 0 bridgehead atoms. The molecule has 1 aromatic heterocycles. The summed E-state index contributed by atoms with van der Waals surface area (Å²) in [5.74, 6) is -1.95. The number of carboxylic acid groups (broad SMARTS) is 1. The molecule has 0 aliphatic rings. The van der Waals surface area contributed by atoms with E-state index < -0.39 is 11.8 Å². The number of halogens is 1. The molecule has 0 unspecified atom stereocenters. The van der Waals surface area contributed by atoms with E-state index >= 15 is 0 Å². The fourth-order valence-electron chi connectivity index (χ4n) is 1.16. The summed E-state index contributed by atoms with van der Waals surface area (Å²) in [6, 6.07) is 4.09. The second-order valence-corrected chi connectivity index (χ2v) is 2.52. The standard InChI is InChI=1S/C8H5FN2O2/c9-5-3-1-2-4-6(5)10-11-7(4)8(12)13/h1-3H,(H,10,11)(H,12,13)/p-1. The number of H-pyrrole nitrogens is 1. The summed E-state index contributed by atoms with van der Waals surface area (Å²) in [4.78, 5) is 10.5. The van der Waals surface area contributed by atoms with Crippen molar-refractivity contribution in [2.24, 2.45) is 0 Å². The van der Waals surface area contributed by atoms with Gasteiger partial charge in [-0.05, 0) is 6.07 Å². The molecule has 4 nitrogen and oxygen atoms in total. The van der Waals surface area contributed by atoms with Crippen molar-refractivity contribution in [1.82, 2.24) is 10.2 Å². The van der Waals surface area contributed by atoms with Crippen LogP contribution >= 0.6 is 0 Å². The normalized spacial score (nSPS) is 10.5. The molecule has 0 aliphatic carbocycles. The number of hydrogen-bond acceptors (Lipinski definition) is 3. The van der Waals surface area contributed by atoms with Crippen LogP contribution in [0.5, 0.6) is 0 Å². The van der Waals surface area contributed by atoms with Crippen LogP contribution < -0.4 is 5.11 Å². The van der Waals surface area contributed by atoms with Crippen LogP contribution in [0, 0.1) is 5.82 Å². The highest BCUT2D eigenvalue weighted by Gasteiger charge is 2.08. The Kier molecular flexibility index (Phi) is 1.51. The first-order valence-electron chi connectivity index (χ1n) is 3.54. The molecule has 0 saturated carbocycles. The number of carbonyl (C=O) groups is 1. The van der Waals surface area contributed by atoms with E-state index in [0.717, 1.165) is 0 Å². The number of benzene rings is 1. The maximum absolute atomic E-state index is 13.0. The summed E-state index contributed by atoms with van der Waals surface area (Å²) in [5.41, 5.74) is -0.184. The average Bonchev–Trinajstić information content (AvgIpc) is 2.48. The largest absolute Gasteiger partial charge is 0.543 e. The molecule has 0 spiro atoms. The average molecular weight is 179 g/mol. The minimum atomic E-state index is -1.40. The molecule has 13 heavy (non-hydrogen) atoms. The van der Waals surface area contributed by atoms with Gasteiger partial charge in [-0.2, -0.15) is 5.10 Å². The Morgan fingerprint density at radius 1 is 1.54 bits per heavy atom. The van der Waals surface area contributed by atoms with E-state index in [2.05, 4.69) is 10.2 Å². The van der Waals surface area contributed by atoms with E-state index in [1.165, 1.54) is 18.2 Å². The molecule has 0 atom stereocenters. The van der Waals surface area contributed by atoms with E-state index in [4.69, 9.17) is 0 Å². The Morgan fingerprint density at radius 2 is 2.31 bits per heavy atom. The van der Waals surface area contributed by atoms with E-state index in [1.54, 1.807) is 0 Å². The zero-order valence-corrected chi connectivity index (χ0v) is 6.37. The lowest BCUT2D eigenvalue weighted by Gasteiger charge is -1.96. The number of nitrogens with zero attached hydrogens (tertiary/aromatic N) is 1. The summed E-state index contributed by atoms with van der Waals surface area (Å²) >= 11 is 0. The highest BCUT2D eigenvalue weighted by Crippen LogP contribution is 2.17. The first kappa shape index (κ1) is 7.72. The molecule has 1 aromatic carbocycles. The molecular formula is C8H4FN2O2-. The van der Waals surface area contributed by atoms with Crippen LogP contribution in [-0.4, -0.2) is 16.2 Å². The highest BCUT2D eigenvalue weighted by atomic mass is 19.1. The number of nitrogens with one attached hydrogen (secondary N) is 1. The minimum Gasteiger partial charge on any atom is -0.543 e. The van der Waals surface area contributed by atoms with E-state index in [9.17, 15) is 14.3 Å². The van der Waals surface area contributed by atoms with Gasteiger partial charge in [-0.1, -0.05) is 12.1 Å². The summed E-state index contributed by atoms with van der Waals surface area (Å²) < 4.78 is 13.0. The Balaban J connectivity index is 2.83. The van der Waals surface area contributed by atoms with E-state index in [-0.39, 0.29) is 16.6 Å². The fourth-order valence-corrected chi connectivity index (χ4v) is 1.16. The van der Waals surface area contributed by atoms with Crippen molar-refractivity contribution in [3.05, 3.63) is 29.7 Å². The molecule has 66 valence electrons. The zero-order chi connectivity index (χ0) is 9.42. The SMILES string of the molecule is O=C([O-])c1[nH]nc2c(F)cccc12. The highest BCUT2D eigenvalue weighted by molar-refractivity contribution is 5.99. The summed E-state index contributed by atoms with van der Waals surface area (Å²) in [6.07, 6.45) is 0. The summed E-state index contributed by atoms with van der Waals surface area (Å²) in [7, 11) is 0. The predicted molar refractivity (Wildman–Crippen MR) is 40.4 cm³/mol. The number of aromatic nitrogens is 2. The monoisotopic (exact) mass is 179 g/mol. The number of hydrogen-bond donors (Lipinski definition) is 1. The number of carboxylic acids is 1. The fraction of sp³-hybridized carbons (Fsp3) is 0. The van der Waals surface area contributed by atoms with Gasteiger partial charge in [0.15, 0.2) is 5.82 Å². The lowest BCUT2D eigenvalue weighted by Crippen LogP contribution is -2.22. The topological polar surface area (TPSA) is 68.8 Å². The molecule has 0 fully saturated rings. The maximum atomic E-state index is 13.0. The van der Waals surface area contributed by atoms with Crippen molar-refractivity contribution in [2.75, 3.05) is 0 Å². The molecule has 5 heteroatoms. The molecule has 1 heterocycles. The smallest absolute Gasteiger partial charge is 0.151 e. The number of aromatic carboxylic acids is 1. The number of aromatic amines is 1. The predicted octanol–water partition coefficient (Wildman–Crippen LogP) is 0.0655. The molecule has 0 radical (unpaired) electrons. The molecule has 2 aromatic rings. The van der Waals surface area contributed by atoms with Gasteiger partial charge in [-0.15, -0.1) is 0 Å². The number of rotatable bonds is 1. The van der Waals surface area contributed by atoms with Gasteiger partial charge in [-0.3, -0.25) is 5.10 Å². The van der Waals surface area contributed by atoms with Crippen molar-refractivity contribution >= 4 is 16.9 Å². The van der Waals surface area contributed by atoms with Crippen LogP contribution in [0.3, 0.4) is 0 Å². The van der Waals surface area contributed by atoms with Crippen molar-refractivity contribution < 1.29 is 14.3 Å². The van der Waals surface area contributed by atoms with Gasteiger partial charge in [-0.25, -0.2) is 4.39 Å². The first-order chi connectivity index (χ1) is 6.20. The first-order valence-corrected chi connectivity index (χ1v) is 3.54. The third kappa shape index (κ3) is 1.05. The van der Waals surface area contributed by atoms with Crippen molar-refractivity contribution in [3.63, 3.8) is 0 Å². The van der Waals surface area contributed by atoms with Crippen LogP contribution in [0.15, 0.2) is 18.2 Å². The van der Waals surface area contributed by atoms with Gasteiger partial charge >= 0.3 is 0 Å². The van der Waals surface area contributed by atoms with Crippen LogP contribution in [0.2, 0.25) is 0 Å². The Labute approximate surface area is 72.0 Å². The van der Waals surface area contributed by atoms with Crippen molar-refractivity contribution in [2.45, 2.75) is 0 Å². The van der Waals surface area contributed by atoms with Gasteiger partial charge in [0, 0.05) is 5.39 Å². The lowest BCUT2D eigenvalue weighted by atomic mass is 10.2. The maximum Gasteiger partial charge on any atom is 0.151 e. The van der Waals surface area contributed by atoms with Crippen LogP contribution in [0.4, 0.5) is 4.39 Å². The second-order valence-electron chi connectivity index (χ2n) is 2.52. The molecule has 1 N–H and O–H groups in total. The van der Waals surface area contributed by atoms with E-state index in [1.807, 2.05) is 0 Å². The third-order valence-corrected chi connectivity index (χ3v) is 1.74. The number of fused-ring (bicyclic) bond motifs is 1. The minimum absolute atomic E-state index is 0.0155. The zero-order valence-electron chi connectivity index (χ0n) is 6.37. The van der Waals surface area contributed by atoms with E-state index in [0.29, 0.717) is 0 Å². The van der Waals surface area contributed by atoms with Crippen molar-refractivity contribution in [3.8, 4) is 0 Å². The number of para-hydroxylation sites is 1. The third-order valence-electron chi connectivity index (χ3n) is 1.74. The molecule has 2 rings (SSSR count).